The van der Waals surface area contributed by atoms with Crippen LogP contribution in [0.25, 0.3) is 0 Å². The van der Waals surface area contributed by atoms with E-state index in [2.05, 4.69) is 5.32 Å². The highest BCUT2D eigenvalue weighted by atomic mass is 35.5. The maximum Gasteiger partial charge on any atom is 0.225 e. The predicted molar refractivity (Wildman–Crippen MR) is 64.1 cm³/mol. The Hall–Kier alpha value is -0.240. The lowest BCUT2D eigenvalue weighted by Gasteiger charge is -2.23. The van der Waals surface area contributed by atoms with Crippen molar-refractivity contribution < 1.29 is 4.79 Å². The van der Waals surface area contributed by atoms with Crippen molar-refractivity contribution in [3.8, 4) is 0 Å². The first-order chi connectivity index (χ1) is 6.96. The van der Waals surface area contributed by atoms with E-state index in [9.17, 15) is 4.79 Å². The second-order valence-corrected chi connectivity index (χ2v) is 5.74. The molecule has 0 heterocycles. The Labute approximate surface area is 97.8 Å². The summed E-state index contributed by atoms with van der Waals surface area (Å²) in [6.45, 7) is 6.83. The zero-order valence-electron chi connectivity index (χ0n) is 10.0. The van der Waals surface area contributed by atoms with Gasteiger partial charge in [0.05, 0.1) is 0 Å². The summed E-state index contributed by atoms with van der Waals surface area (Å²) >= 11 is 5.75. The molecule has 0 aromatic rings. The van der Waals surface area contributed by atoms with Crippen LogP contribution in [0, 0.1) is 10.8 Å². The molecule has 1 aliphatic rings. The van der Waals surface area contributed by atoms with Crippen molar-refractivity contribution in [3.05, 3.63) is 0 Å². The highest BCUT2D eigenvalue weighted by molar-refractivity contribution is 6.17. The first kappa shape index (κ1) is 12.8. The van der Waals surface area contributed by atoms with Gasteiger partial charge in [0.1, 0.15) is 0 Å². The van der Waals surface area contributed by atoms with Gasteiger partial charge in [-0.15, -0.1) is 11.6 Å². The Balaban J connectivity index is 2.34. The summed E-state index contributed by atoms with van der Waals surface area (Å²) in [5, 5.41) is 3.06. The van der Waals surface area contributed by atoms with E-state index in [-0.39, 0.29) is 11.3 Å². The van der Waals surface area contributed by atoms with Gasteiger partial charge in [0.25, 0.3) is 0 Å². The van der Waals surface area contributed by atoms with E-state index < -0.39 is 0 Å². The molecule has 88 valence electrons. The second kappa shape index (κ2) is 4.73. The van der Waals surface area contributed by atoms with Gasteiger partial charge in [0.15, 0.2) is 0 Å². The predicted octanol–water partition coefficient (Wildman–Crippen LogP) is 2.95. The molecule has 0 unspecified atom stereocenters. The molecular weight excluding hydrogens is 210 g/mol. The minimum absolute atomic E-state index is 0.172. The fourth-order valence-electron chi connectivity index (χ4n) is 1.56. The molecule has 1 rings (SSSR count). The molecule has 0 saturated heterocycles. The molecule has 0 bridgehead atoms. The molecule has 15 heavy (non-hydrogen) atoms. The Morgan fingerprint density at radius 1 is 1.47 bits per heavy atom. The first-order valence-corrected chi connectivity index (χ1v) is 6.33. The van der Waals surface area contributed by atoms with Crippen LogP contribution >= 0.6 is 11.6 Å². The highest BCUT2D eigenvalue weighted by Gasteiger charge is 2.42. The Morgan fingerprint density at radius 3 is 2.47 bits per heavy atom. The SMILES string of the molecule is CCC(C)(C)C(=O)NCC1(CCCl)CC1. The number of alkyl halides is 1. The van der Waals surface area contributed by atoms with Gasteiger partial charge >= 0.3 is 0 Å². The van der Waals surface area contributed by atoms with E-state index in [4.69, 9.17) is 11.6 Å². The molecule has 3 heteroatoms. The van der Waals surface area contributed by atoms with Crippen molar-refractivity contribution in [2.45, 2.75) is 46.5 Å². The van der Waals surface area contributed by atoms with Crippen LogP contribution in [-0.4, -0.2) is 18.3 Å². The number of halogens is 1. The minimum atomic E-state index is -0.239. The van der Waals surface area contributed by atoms with Crippen molar-refractivity contribution >= 4 is 17.5 Å². The van der Waals surface area contributed by atoms with Crippen LogP contribution in [0.4, 0.5) is 0 Å². The number of hydrogen-bond acceptors (Lipinski definition) is 1. The van der Waals surface area contributed by atoms with E-state index in [1.165, 1.54) is 12.8 Å². The lowest BCUT2D eigenvalue weighted by molar-refractivity contribution is -0.129. The number of nitrogens with one attached hydrogen (secondary N) is 1. The zero-order chi connectivity index (χ0) is 11.5. The number of hydrogen-bond donors (Lipinski definition) is 1. The van der Waals surface area contributed by atoms with Crippen LogP contribution < -0.4 is 5.32 Å². The average molecular weight is 232 g/mol. The molecule has 1 saturated carbocycles. The molecule has 1 aliphatic carbocycles. The highest BCUT2D eigenvalue weighted by Crippen LogP contribution is 2.48. The summed E-state index contributed by atoms with van der Waals surface area (Å²) in [5.41, 5.74) is 0.0955. The van der Waals surface area contributed by atoms with Gasteiger partial charge in [-0.05, 0) is 31.1 Å². The fraction of sp³-hybridized carbons (Fsp3) is 0.917. The van der Waals surface area contributed by atoms with Crippen LogP contribution in [0.3, 0.4) is 0 Å². The van der Waals surface area contributed by atoms with Crippen molar-refractivity contribution in [2.75, 3.05) is 12.4 Å². The first-order valence-electron chi connectivity index (χ1n) is 5.80. The van der Waals surface area contributed by atoms with Gasteiger partial charge in [-0.25, -0.2) is 0 Å². The van der Waals surface area contributed by atoms with Gasteiger partial charge < -0.3 is 5.32 Å². The molecule has 0 radical (unpaired) electrons. The molecule has 1 fully saturated rings. The van der Waals surface area contributed by atoms with Crippen molar-refractivity contribution in [3.63, 3.8) is 0 Å². The Bertz CT molecular complexity index is 234. The summed E-state index contributed by atoms with van der Waals surface area (Å²) in [7, 11) is 0. The summed E-state index contributed by atoms with van der Waals surface area (Å²) in [4.78, 5) is 11.8. The molecule has 0 atom stereocenters. The molecule has 0 aliphatic heterocycles. The fourth-order valence-corrected chi connectivity index (χ4v) is 1.96. The van der Waals surface area contributed by atoms with Crippen LogP contribution in [0.1, 0.15) is 46.5 Å². The van der Waals surface area contributed by atoms with E-state index in [1.807, 2.05) is 20.8 Å². The quantitative estimate of drug-likeness (QED) is 0.700. The molecule has 0 spiro atoms. The monoisotopic (exact) mass is 231 g/mol. The van der Waals surface area contributed by atoms with Gasteiger partial charge in [-0.2, -0.15) is 0 Å². The maximum atomic E-state index is 11.8. The topological polar surface area (TPSA) is 29.1 Å². The Morgan fingerprint density at radius 2 is 2.07 bits per heavy atom. The summed E-state index contributed by atoms with van der Waals surface area (Å²) < 4.78 is 0. The third-order valence-corrected chi connectivity index (χ3v) is 3.89. The second-order valence-electron chi connectivity index (χ2n) is 5.36. The molecule has 2 nitrogen and oxygen atoms in total. The third-order valence-electron chi connectivity index (χ3n) is 3.70. The molecule has 1 N–H and O–H groups in total. The van der Waals surface area contributed by atoms with Crippen LogP contribution in [0.5, 0.6) is 0 Å². The van der Waals surface area contributed by atoms with E-state index in [0.29, 0.717) is 11.3 Å². The number of carbonyl (C=O) groups is 1. The summed E-state index contributed by atoms with van der Waals surface area (Å²) in [5.74, 6) is 0.874. The smallest absolute Gasteiger partial charge is 0.225 e. The van der Waals surface area contributed by atoms with Crippen LogP contribution in [0.2, 0.25) is 0 Å². The summed E-state index contributed by atoms with van der Waals surface area (Å²) in [6, 6.07) is 0. The van der Waals surface area contributed by atoms with E-state index in [0.717, 1.165) is 19.4 Å². The van der Waals surface area contributed by atoms with Crippen molar-refractivity contribution in [2.24, 2.45) is 10.8 Å². The van der Waals surface area contributed by atoms with E-state index in [1.54, 1.807) is 0 Å². The average Bonchev–Trinajstić information content (AvgIpc) is 2.95. The van der Waals surface area contributed by atoms with Gasteiger partial charge in [-0.1, -0.05) is 20.8 Å². The van der Waals surface area contributed by atoms with Gasteiger partial charge in [0.2, 0.25) is 5.91 Å². The lowest BCUT2D eigenvalue weighted by Crippen LogP contribution is -2.39. The lowest BCUT2D eigenvalue weighted by atomic mass is 9.89. The molecule has 0 aromatic heterocycles. The number of rotatable bonds is 6. The van der Waals surface area contributed by atoms with Crippen molar-refractivity contribution in [1.82, 2.24) is 5.32 Å². The van der Waals surface area contributed by atoms with E-state index >= 15 is 0 Å². The third kappa shape index (κ3) is 3.37. The zero-order valence-corrected chi connectivity index (χ0v) is 10.8. The molecule has 1 amide bonds. The van der Waals surface area contributed by atoms with Gasteiger partial charge in [-0.3, -0.25) is 4.79 Å². The molecule has 0 aromatic carbocycles. The normalized spacial score (nSPS) is 18.7. The summed E-state index contributed by atoms with van der Waals surface area (Å²) in [6.07, 6.45) is 4.34. The maximum absolute atomic E-state index is 11.8. The Kier molecular flexibility index (Phi) is 4.05. The number of amides is 1. The van der Waals surface area contributed by atoms with Gasteiger partial charge in [0, 0.05) is 17.8 Å². The van der Waals surface area contributed by atoms with Crippen LogP contribution in [0.15, 0.2) is 0 Å². The largest absolute Gasteiger partial charge is 0.355 e. The van der Waals surface area contributed by atoms with Crippen molar-refractivity contribution in [1.29, 1.82) is 0 Å². The minimum Gasteiger partial charge on any atom is -0.355 e. The number of carbonyl (C=O) groups excluding carboxylic acids is 1. The standard InChI is InChI=1S/C12H22ClNO/c1-4-11(2,3)10(15)14-9-12(5-6-12)7-8-13/h4-9H2,1-3H3,(H,14,15). The van der Waals surface area contributed by atoms with Crippen LogP contribution in [-0.2, 0) is 4.79 Å². The molecular formula is C12H22ClNO.